The summed E-state index contributed by atoms with van der Waals surface area (Å²) < 4.78 is 6.17. The van der Waals surface area contributed by atoms with Crippen molar-refractivity contribution < 1.29 is 4.74 Å². The Morgan fingerprint density at radius 1 is 1.14 bits per heavy atom. The largest absolute Gasteiger partial charge is 0.373 e. The highest BCUT2D eigenvalue weighted by Crippen LogP contribution is 2.42. The second kappa shape index (κ2) is 6.59. The van der Waals surface area contributed by atoms with Crippen LogP contribution in [0.15, 0.2) is 49.6 Å². The summed E-state index contributed by atoms with van der Waals surface area (Å²) in [6.45, 7) is 10.4. The molecule has 0 saturated heterocycles. The van der Waals surface area contributed by atoms with E-state index in [1.165, 1.54) is 30.4 Å². The van der Waals surface area contributed by atoms with E-state index < -0.39 is 0 Å². The van der Waals surface area contributed by atoms with Gasteiger partial charge in [0.05, 0.1) is 12.7 Å². The van der Waals surface area contributed by atoms with Gasteiger partial charge in [0.15, 0.2) is 0 Å². The van der Waals surface area contributed by atoms with Crippen molar-refractivity contribution in [1.29, 1.82) is 0 Å². The van der Waals surface area contributed by atoms with Crippen LogP contribution in [0.4, 0.5) is 0 Å². The molecule has 3 atom stereocenters. The normalized spacial score (nSPS) is 27.8. The molecule has 1 fully saturated rings. The van der Waals surface area contributed by atoms with Crippen LogP contribution in [0.25, 0.3) is 0 Å². The van der Waals surface area contributed by atoms with Crippen LogP contribution in [-0.4, -0.2) is 30.1 Å². The summed E-state index contributed by atoms with van der Waals surface area (Å²) in [7, 11) is 0. The number of hydrogen-bond acceptors (Lipinski definition) is 2. The van der Waals surface area contributed by atoms with Crippen LogP contribution in [0.3, 0.4) is 0 Å². The lowest BCUT2D eigenvalue weighted by molar-refractivity contribution is -0.0390. The van der Waals surface area contributed by atoms with E-state index >= 15 is 0 Å². The van der Waals surface area contributed by atoms with Gasteiger partial charge in [-0.15, -0.1) is 13.2 Å². The fourth-order valence-corrected chi connectivity index (χ4v) is 4.00. The predicted molar refractivity (Wildman–Crippen MR) is 87.4 cm³/mol. The van der Waals surface area contributed by atoms with Gasteiger partial charge in [0, 0.05) is 25.0 Å². The van der Waals surface area contributed by atoms with Gasteiger partial charge in [-0.05, 0) is 30.4 Å². The molecule has 0 bridgehead atoms. The van der Waals surface area contributed by atoms with E-state index in [1.807, 2.05) is 12.2 Å². The second-order valence-corrected chi connectivity index (χ2v) is 6.10. The van der Waals surface area contributed by atoms with Crippen LogP contribution >= 0.6 is 0 Å². The SMILES string of the molecule is C=CCN(CC=C)C1CCCC2OCc3ccccc3C21. The number of ether oxygens (including phenoxy) is 1. The first kappa shape index (κ1) is 14.6. The Morgan fingerprint density at radius 3 is 2.67 bits per heavy atom. The summed E-state index contributed by atoms with van der Waals surface area (Å²) in [5.41, 5.74) is 2.86. The Balaban J connectivity index is 1.93. The van der Waals surface area contributed by atoms with Crippen LogP contribution in [0.2, 0.25) is 0 Å². The lowest BCUT2D eigenvalue weighted by Gasteiger charge is -2.46. The molecule has 3 rings (SSSR count). The molecule has 1 aliphatic carbocycles. The highest BCUT2D eigenvalue weighted by molar-refractivity contribution is 5.34. The number of nitrogens with zero attached hydrogens (tertiary/aromatic N) is 1. The Kier molecular flexibility index (Phi) is 4.57. The maximum Gasteiger partial charge on any atom is 0.0723 e. The van der Waals surface area contributed by atoms with Gasteiger partial charge < -0.3 is 4.74 Å². The van der Waals surface area contributed by atoms with Gasteiger partial charge in [-0.2, -0.15) is 0 Å². The van der Waals surface area contributed by atoms with E-state index in [9.17, 15) is 0 Å². The average molecular weight is 283 g/mol. The van der Waals surface area contributed by atoms with Gasteiger partial charge >= 0.3 is 0 Å². The zero-order chi connectivity index (χ0) is 14.7. The average Bonchev–Trinajstić information content (AvgIpc) is 2.54. The minimum absolute atomic E-state index is 0.371. The van der Waals surface area contributed by atoms with E-state index in [4.69, 9.17) is 4.74 Å². The number of fused-ring (bicyclic) bond motifs is 3. The van der Waals surface area contributed by atoms with Crippen LogP contribution in [-0.2, 0) is 11.3 Å². The lowest BCUT2D eigenvalue weighted by Crippen LogP contribution is -2.48. The Morgan fingerprint density at radius 2 is 1.90 bits per heavy atom. The molecule has 1 aliphatic heterocycles. The molecule has 1 heterocycles. The molecular formula is C19H25NO. The molecule has 112 valence electrons. The summed E-state index contributed by atoms with van der Waals surface area (Å²) in [6, 6.07) is 9.32. The summed E-state index contributed by atoms with van der Waals surface area (Å²) in [5, 5.41) is 0. The van der Waals surface area contributed by atoms with E-state index in [2.05, 4.69) is 42.3 Å². The van der Waals surface area contributed by atoms with Crippen LogP contribution in [0, 0.1) is 0 Å². The molecule has 2 nitrogen and oxygen atoms in total. The van der Waals surface area contributed by atoms with Crippen molar-refractivity contribution >= 4 is 0 Å². The van der Waals surface area contributed by atoms with Crippen molar-refractivity contribution in [2.75, 3.05) is 13.1 Å². The number of hydrogen-bond donors (Lipinski definition) is 0. The van der Waals surface area contributed by atoms with Crippen molar-refractivity contribution in [1.82, 2.24) is 4.90 Å². The van der Waals surface area contributed by atoms with Crippen LogP contribution in [0.1, 0.15) is 36.3 Å². The first-order chi connectivity index (χ1) is 10.3. The summed E-state index contributed by atoms with van der Waals surface area (Å²) in [4.78, 5) is 2.50. The van der Waals surface area contributed by atoms with Gasteiger partial charge in [-0.1, -0.05) is 36.4 Å². The predicted octanol–water partition coefficient (Wildman–Crippen LogP) is 3.90. The molecule has 1 aromatic rings. The number of benzene rings is 1. The molecule has 0 radical (unpaired) electrons. The quantitative estimate of drug-likeness (QED) is 0.760. The zero-order valence-corrected chi connectivity index (χ0v) is 12.7. The van der Waals surface area contributed by atoms with E-state index in [0.717, 1.165) is 19.7 Å². The van der Waals surface area contributed by atoms with Gasteiger partial charge in [0.2, 0.25) is 0 Å². The Labute approximate surface area is 128 Å². The van der Waals surface area contributed by atoms with E-state index in [0.29, 0.717) is 18.1 Å². The second-order valence-electron chi connectivity index (χ2n) is 6.10. The highest BCUT2D eigenvalue weighted by Gasteiger charge is 2.40. The third kappa shape index (κ3) is 2.83. The highest BCUT2D eigenvalue weighted by atomic mass is 16.5. The summed E-state index contributed by atoms with van der Waals surface area (Å²) in [6.07, 6.45) is 8.05. The summed E-state index contributed by atoms with van der Waals surface area (Å²) >= 11 is 0. The Hall–Kier alpha value is -1.38. The maximum atomic E-state index is 6.17. The molecular weight excluding hydrogens is 258 g/mol. The van der Waals surface area contributed by atoms with Crippen molar-refractivity contribution in [2.24, 2.45) is 0 Å². The zero-order valence-electron chi connectivity index (χ0n) is 12.7. The van der Waals surface area contributed by atoms with Crippen LogP contribution < -0.4 is 0 Å². The minimum atomic E-state index is 0.371. The first-order valence-corrected chi connectivity index (χ1v) is 8.00. The van der Waals surface area contributed by atoms with Crippen molar-refractivity contribution in [2.45, 2.75) is 43.9 Å². The molecule has 1 saturated carbocycles. The smallest absolute Gasteiger partial charge is 0.0723 e. The molecule has 0 amide bonds. The fraction of sp³-hybridized carbons (Fsp3) is 0.474. The summed E-state index contributed by atoms with van der Waals surface area (Å²) in [5.74, 6) is 0.489. The third-order valence-corrected chi connectivity index (χ3v) is 4.87. The molecule has 0 N–H and O–H groups in total. The first-order valence-electron chi connectivity index (χ1n) is 8.00. The Bertz CT molecular complexity index is 500. The molecule has 2 aliphatic rings. The van der Waals surface area contributed by atoms with Crippen LogP contribution in [0.5, 0.6) is 0 Å². The third-order valence-electron chi connectivity index (χ3n) is 4.87. The van der Waals surface area contributed by atoms with Crippen molar-refractivity contribution in [3.05, 3.63) is 60.7 Å². The standard InChI is InChI=1S/C19H25NO/c1-3-12-20(13-4-2)17-10-7-11-18-19(17)16-9-6-5-8-15(16)14-21-18/h3-6,8-9,17-19H,1-2,7,10-14H2. The number of rotatable bonds is 5. The molecule has 1 aromatic carbocycles. The fourth-order valence-electron chi connectivity index (χ4n) is 4.00. The van der Waals surface area contributed by atoms with Crippen molar-refractivity contribution in [3.8, 4) is 0 Å². The van der Waals surface area contributed by atoms with Gasteiger partial charge in [0.1, 0.15) is 0 Å². The molecule has 2 heteroatoms. The van der Waals surface area contributed by atoms with Gasteiger partial charge in [-0.3, -0.25) is 4.90 Å². The minimum Gasteiger partial charge on any atom is -0.373 e. The lowest BCUT2D eigenvalue weighted by atomic mass is 9.74. The van der Waals surface area contributed by atoms with E-state index in [1.54, 1.807) is 0 Å². The van der Waals surface area contributed by atoms with Gasteiger partial charge in [-0.25, -0.2) is 0 Å². The molecule has 0 spiro atoms. The maximum absolute atomic E-state index is 6.17. The molecule has 3 unspecified atom stereocenters. The van der Waals surface area contributed by atoms with E-state index in [-0.39, 0.29) is 0 Å². The molecule has 0 aromatic heterocycles. The monoisotopic (exact) mass is 283 g/mol. The van der Waals surface area contributed by atoms with Crippen molar-refractivity contribution in [3.63, 3.8) is 0 Å². The topological polar surface area (TPSA) is 12.5 Å². The molecule has 21 heavy (non-hydrogen) atoms. The van der Waals surface area contributed by atoms with Gasteiger partial charge in [0.25, 0.3) is 0 Å².